The van der Waals surface area contributed by atoms with Gasteiger partial charge in [-0.25, -0.2) is 9.97 Å². The smallest absolute Gasteiger partial charge is 0.139 e. The minimum absolute atomic E-state index is 0.307. The van der Waals surface area contributed by atoms with E-state index in [-0.39, 0.29) is 0 Å². The fourth-order valence-corrected chi connectivity index (χ4v) is 4.80. The molecule has 2 aromatic carbocycles. The zero-order valence-corrected chi connectivity index (χ0v) is 15.2. The number of rotatable bonds is 3. The van der Waals surface area contributed by atoms with Crippen LogP contribution in [0.25, 0.3) is 21.3 Å². The molecule has 4 heteroatoms. The molecule has 0 fully saturated rings. The van der Waals surface area contributed by atoms with Gasteiger partial charge in [-0.2, -0.15) is 0 Å². The normalized spacial score (nSPS) is 16.4. The van der Waals surface area contributed by atoms with Crippen LogP contribution in [0.5, 0.6) is 0 Å². The number of thiophene rings is 1. The summed E-state index contributed by atoms with van der Waals surface area (Å²) in [5, 5.41) is 7.05. The molecule has 2 heterocycles. The molecular weight excluding hydrogens is 338 g/mol. The summed E-state index contributed by atoms with van der Waals surface area (Å²) in [4.78, 5) is 10.1. The largest absolute Gasteiger partial charge is 0.363 e. The Balaban J connectivity index is 1.59. The van der Waals surface area contributed by atoms with Crippen molar-refractivity contribution < 1.29 is 0 Å². The zero-order chi connectivity index (χ0) is 17.3. The highest BCUT2D eigenvalue weighted by atomic mass is 32.1. The highest BCUT2D eigenvalue weighted by Crippen LogP contribution is 2.39. The quantitative estimate of drug-likeness (QED) is 0.500. The Bertz CT molecular complexity index is 1060. The minimum atomic E-state index is 0.307. The molecule has 0 saturated carbocycles. The third kappa shape index (κ3) is 2.67. The van der Waals surface area contributed by atoms with Gasteiger partial charge < -0.3 is 5.32 Å². The van der Waals surface area contributed by atoms with Gasteiger partial charge in [-0.1, -0.05) is 54.6 Å². The number of nitrogens with zero attached hydrogens (tertiary/aromatic N) is 2. The summed E-state index contributed by atoms with van der Waals surface area (Å²) in [7, 11) is 0. The maximum atomic E-state index is 4.62. The second-order valence-corrected chi connectivity index (χ2v) is 7.56. The van der Waals surface area contributed by atoms with Crippen molar-refractivity contribution in [3.8, 4) is 11.1 Å². The van der Waals surface area contributed by atoms with Gasteiger partial charge in [0.05, 0.1) is 11.4 Å². The third-order valence-electron chi connectivity index (χ3n) is 5.14. The predicted molar refractivity (Wildman–Crippen MR) is 109 cm³/mol. The predicted octanol–water partition coefficient (Wildman–Crippen LogP) is 5.85. The van der Waals surface area contributed by atoms with Crippen LogP contribution in [0.1, 0.15) is 30.0 Å². The molecule has 1 atom stereocenters. The molecule has 2 aromatic heterocycles. The summed E-state index contributed by atoms with van der Waals surface area (Å²) in [6.07, 6.45) is 5.18. The lowest BCUT2D eigenvalue weighted by Crippen LogP contribution is -2.18. The first kappa shape index (κ1) is 15.5. The molecule has 0 radical (unpaired) electrons. The number of anilines is 1. The van der Waals surface area contributed by atoms with Crippen molar-refractivity contribution in [2.75, 3.05) is 5.32 Å². The van der Waals surface area contributed by atoms with Gasteiger partial charge in [0.2, 0.25) is 0 Å². The first-order chi connectivity index (χ1) is 12.9. The summed E-state index contributed by atoms with van der Waals surface area (Å²) < 4.78 is 0. The van der Waals surface area contributed by atoms with E-state index in [1.807, 2.05) is 6.07 Å². The van der Waals surface area contributed by atoms with Gasteiger partial charge in [-0.05, 0) is 36.0 Å². The molecule has 0 amide bonds. The molecule has 0 bridgehead atoms. The van der Waals surface area contributed by atoms with Crippen LogP contribution < -0.4 is 5.32 Å². The average Bonchev–Trinajstić information content (AvgIpc) is 3.14. The van der Waals surface area contributed by atoms with Crippen LogP contribution in [0, 0.1) is 0 Å². The van der Waals surface area contributed by atoms with Crippen LogP contribution in [0.4, 0.5) is 5.82 Å². The van der Waals surface area contributed by atoms with Crippen molar-refractivity contribution in [1.82, 2.24) is 9.97 Å². The van der Waals surface area contributed by atoms with Crippen molar-refractivity contribution in [2.45, 2.75) is 25.3 Å². The molecular formula is C22H19N3S. The Morgan fingerprint density at radius 2 is 1.81 bits per heavy atom. The Kier molecular flexibility index (Phi) is 3.91. The molecule has 26 heavy (non-hydrogen) atoms. The van der Waals surface area contributed by atoms with Crippen molar-refractivity contribution in [1.29, 1.82) is 0 Å². The molecule has 5 rings (SSSR count). The second-order valence-electron chi connectivity index (χ2n) is 6.71. The summed E-state index contributed by atoms with van der Waals surface area (Å²) in [6.45, 7) is 0. The fourth-order valence-electron chi connectivity index (χ4n) is 3.88. The van der Waals surface area contributed by atoms with E-state index in [1.165, 1.54) is 35.1 Å². The lowest BCUT2D eigenvalue weighted by atomic mass is 9.87. The Labute approximate surface area is 156 Å². The molecule has 1 N–H and O–H groups in total. The van der Waals surface area contributed by atoms with E-state index in [0.29, 0.717) is 6.04 Å². The van der Waals surface area contributed by atoms with Gasteiger partial charge in [-0.15, -0.1) is 11.3 Å². The maximum absolute atomic E-state index is 4.62. The minimum Gasteiger partial charge on any atom is -0.363 e. The number of fused-ring (bicyclic) bond motifs is 2. The SMILES string of the molecule is c1ccc(-c2csc3ncnc(NC4CCCc5ccccc54)c23)cc1. The molecule has 4 aromatic rings. The van der Waals surface area contributed by atoms with Crippen molar-refractivity contribution in [2.24, 2.45) is 0 Å². The molecule has 0 aliphatic heterocycles. The molecule has 1 aliphatic carbocycles. The third-order valence-corrected chi connectivity index (χ3v) is 6.02. The summed E-state index contributed by atoms with van der Waals surface area (Å²) >= 11 is 1.68. The molecule has 0 saturated heterocycles. The summed E-state index contributed by atoms with van der Waals surface area (Å²) in [5.41, 5.74) is 5.27. The molecule has 128 valence electrons. The average molecular weight is 357 g/mol. The van der Waals surface area contributed by atoms with Crippen LogP contribution >= 0.6 is 11.3 Å². The first-order valence-corrected chi connectivity index (χ1v) is 9.90. The molecule has 1 aliphatic rings. The molecule has 3 nitrogen and oxygen atoms in total. The topological polar surface area (TPSA) is 37.8 Å². The zero-order valence-electron chi connectivity index (χ0n) is 14.4. The fraction of sp³-hybridized carbons (Fsp3) is 0.182. The Morgan fingerprint density at radius 3 is 2.73 bits per heavy atom. The van der Waals surface area contributed by atoms with Crippen LogP contribution in [-0.2, 0) is 6.42 Å². The van der Waals surface area contributed by atoms with E-state index < -0.39 is 0 Å². The summed E-state index contributed by atoms with van der Waals surface area (Å²) in [5.74, 6) is 0.941. The van der Waals surface area contributed by atoms with Gasteiger partial charge >= 0.3 is 0 Å². The van der Waals surface area contributed by atoms with Crippen LogP contribution in [-0.4, -0.2) is 9.97 Å². The van der Waals surface area contributed by atoms with E-state index in [9.17, 15) is 0 Å². The Hall–Kier alpha value is -2.72. The van der Waals surface area contributed by atoms with E-state index in [1.54, 1.807) is 17.7 Å². The summed E-state index contributed by atoms with van der Waals surface area (Å²) in [6, 6.07) is 19.6. The second kappa shape index (κ2) is 6.54. The standard InChI is InChI=1S/C22H19N3S/c1-2-7-16(8-3-1)18-13-26-22-20(18)21(23-14-24-22)25-19-12-6-10-15-9-4-5-11-17(15)19/h1-5,7-9,11,13-14,19H,6,10,12H2,(H,23,24,25). The highest BCUT2D eigenvalue weighted by Gasteiger charge is 2.22. The highest BCUT2D eigenvalue weighted by molar-refractivity contribution is 7.17. The van der Waals surface area contributed by atoms with E-state index in [0.717, 1.165) is 22.5 Å². The van der Waals surface area contributed by atoms with Gasteiger partial charge in [0, 0.05) is 10.9 Å². The van der Waals surface area contributed by atoms with Crippen molar-refractivity contribution in [3.05, 3.63) is 77.4 Å². The van der Waals surface area contributed by atoms with Gasteiger partial charge in [-0.3, -0.25) is 0 Å². The molecule has 1 unspecified atom stereocenters. The lowest BCUT2D eigenvalue weighted by Gasteiger charge is -2.27. The van der Waals surface area contributed by atoms with Crippen LogP contribution in [0.2, 0.25) is 0 Å². The van der Waals surface area contributed by atoms with E-state index >= 15 is 0 Å². The number of nitrogens with one attached hydrogen (secondary N) is 1. The van der Waals surface area contributed by atoms with E-state index in [2.05, 4.69) is 69.2 Å². The van der Waals surface area contributed by atoms with Gasteiger partial charge in [0.15, 0.2) is 0 Å². The lowest BCUT2D eigenvalue weighted by molar-refractivity contribution is 0.599. The van der Waals surface area contributed by atoms with E-state index in [4.69, 9.17) is 0 Å². The van der Waals surface area contributed by atoms with Gasteiger partial charge in [0.1, 0.15) is 17.0 Å². The number of hydrogen-bond acceptors (Lipinski definition) is 4. The first-order valence-electron chi connectivity index (χ1n) is 9.02. The number of aromatic nitrogens is 2. The number of aryl methyl sites for hydroxylation is 1. The van der Waals surface area contributed by atoms with Crippen molar-refractivity contribution in [3.63, 3.8) is 0 Å². The number of benzene rings is 2. The monoisotopic (exact) mass is 357 g/mol. The van der Waals surface area contributed by atoms with Gasteiger partial charge in [0.25, 0.3) is 0 Å². The van der Waals surface area contributed by atoms with Crippen molar-refractivity contribution >= 4 is 27.4 Å². The maximum Gasteiger partial charge on any atom is 0.139 e. The molecule has 0 spiro atoms. The Morgan fingerprint density at radius 1 is 0.962 bits per heavy atom. The van der Waals surface area contributed by atoms with Crippen LogP contribution in [0.3, 0.4) is 0 Å². The van der Waals surface area contributed by atoms with Crippen LogP contribution in [0.15, 0.2) is 66.3 Å². The number of hydrogen-bond donors (Lipinski definition) is 1.